The fourth-order valence-corrected chi connectivity index (χ4v) is 3.85. The molecule has 2 N–H and O–H groups in total. The number of halogens is 4. The van der Waals surface area contributed by atoms with Gasteiger partial charge in [0.25, 0.3) is 0 Å². The first-order valence-corrected chi connectivity index (χ1v) is 11.6. The van der Waals surface area contributed by atoms with Crippen LogP contribution in [0.1, 0.15) is 25.0 Å². The van der Waals surface area contributed by atoms with E-state index in [2.05, 4.69) is 10.2 Å². The molecule has 194 valence electrons. The first kappa shape index (κ1) is 28.9. The number of nitrogens with zero attached hydrogens (tertiary/aromatic N) is 2. The second-order valence-electron chi connectivity index (χ2n) is 8.69. The van der Waals surface area contributed by atoms with E-state index in [-0.39, 0.29) is 36.9 Å². The van der Waals surface area contributed by atoms with Crippen LogP contribution in [0.3, 0.4) is 0 Å². The van der Waals surface area contributed by atoms with E-state index in [9.17, 15) is 23.1 Å². The molecule has 2 rings (SSSR count). The zero-order valence-electron chi connectivity index (χ0n) is 20.3. The standard InChI is InChI=1S/C25H33ClF3N3O3/c1-17(13-32(18(2)16-33)14-19-7-5-6-8-22(19)26)23(35-4)15-31(3)24(34)30-21-11-9-20(10-12-21)25(27,28)29/h5-12,17-18,23,33H,13-16H2,1-4H3,(H,30,34)/t17-,18+,23+/m1/s1. The average molecular weight is 516 g/mol. The predicted molar refractivity (Wildman–Crippen MR) is 131 cm³/mol. The molecule has 2 aromatic carbocycles. The molecule has 0 spiro atoms. The number of carbonyl (C=O) groups is 1. The fourth-order valence-electron chi connectivity index (χ4n) is 3.65. The van der Waals surface area contributed by atoms with Crippen molar-refractivity contribution in [2.45, 2.75) is 38.7 Å². The number of methoxy groups -OCH3 is 1. The highest BCUT2D eigenvalue weighted by Crippen LogP contribution is 2.30. The Morgan fingerprint density at radius 2 is 1.74 bits per heavy atom. The van der Waals surface area contributed by atoms with Gasteiger partial charge in [0.1, 0.15) is 0 Å². The van der Waals surface area contributed by atoms with Gasteiger partial charge in [0, 0.05) is 50.5 Å². The molecule has 0 heterocycles. The smallest absolute Gasteiger partial charge is 0.395 e. The lowest BCUT2D eigenvalue weighted by Crippen LogP contribution is -2.45. The zero-order chi connectivity index (χ0) is 26.2. The third-order valence-electron chi connectivity index (χ3n) is 5.94. The summed E-state index contributed by atoms with van der Waals surface area (Å²) in [4.78, 5) is 16.1. The third kappa shape index (κ3) is 8.68. The summed E-state index contributed by atoms with van der Waals surface area (Å²) in [5.74, 6) is -0.0159. The number of urea groups is 1. The summed E-state index contributed by atoms with van der Waals surface area (Å²) in [7, 11) is 3.16. The lowest BCUT2D eigenvalue weighted by Gasteiger charge is -2.34. The molecule has 35 heavy (non-hydrogen) atoms. The molecule has 3 atom stereocenters. The Kier molecular flexibility index (Phi) is 10.8. The number of nitrogens with one attached hydrogen (secondary N) is 1. The number of aliphatic hydroxyl groups excluding tert-OH is 1. The normalized spacial score (nSPS) is 14.5. The van der Waals surface area contributed by atoms with Gasteiger partial charge in [-0.05, 0) is 48.7 Å². The van der Waals surface area contributed by atoms with Crippen molar-refractivity contribution in [1.82, 2.24) is 9.80 Å². The second kappa shape index (κ2) is 13.1. The van der Waals surface area contributed by atoms with Crippen LogP contribution in [0.2, 0.25) is 5.02 Å². The molecular formula is C25H33ClF3N3O3. The minimum absolute atomic E-state index is 0.0159. The number of benzene rings is 2. The number of hydrogen-bond acceptors (Lipinski definition) is 4. The minimum atomic E-state index is -4.44. The lowest BCUT2D eigenvalue weighted by atomic mass is 10.0. The van der Waals surface area contributed by atoms with Crippen molar-refractivity contribution in [2.75, 3.05) is 39.2 Å². The summed E-state index contributed by atoms with van der Waals surface area (Å²) in [5, 5.41) is 13.0. The maximum atomic E-state index is 12.7. The Morgan fingerprint density at radius 3 is 2.29 bits per heavy atom. The molecular weight excluding hydrogens is 483 g/mol. The number of aliphatic hydroxyl groups is 1. The maximum absolute atomic E-state index is 12.7. The van der Waals surface area contributed by atoms with Crippen molar-refractivity contribution in [1.29, 1.82) is 0 Å². The molecule has 2 amide bonds. The van der Waals surface area contributed by atoms with Crippen LogP contribution in [-0.4, -0.2) is 66.9 Å². The molecule has 0 aromatic heterocycles. The van der Waals surface area contributed by atoms with E-state index in [1.807, 2.05) is 38.1 Å². The first-order valence-electron chi connectivity index (χ1n) is 11.3. The van der Waals surface area contributed by atoms with Crippen LogP contribution in [0.4, 0.5) is 23.7 Å². The highest BCUT2D eigenvalue weighted by atomic mass is 35.5. The Bertz CT molecular complexity index is 944. The summed E-state index contributed by atoms with van der Waals surface area (Å²) in [6.07, 6.45) is -4.76. The molecule has 0 radical (unpaired) electrons. The van der Waals surface area contributed by atoms with E-state index in [0.29, 0.717) is 18.1 Å². The molecule has 6 nitrogen and oxygen atoms in total. The number of carbonyl (C=O) groups excluding carboxylic acids is 1. The van der Waals surface area contributed by atoms with E-state index in [1.54, 1.807) is 14.2 Å². The summed E-state index contributed by atoms with van der Waals surface area (Å²) >= 11 is 6.32. The summed E-state index contributed by atoms with van der Waals surface area (Å²) in [5.41, 5.74) is 0.429. The van der Waals surface area contributed by atoms with E-state index < -0.39 is 17.8 Å². The van der Waals surface area contributed by atoms with Crippen LogP contribution >= 0.6 is 11.6 Å². The molecule has 0 fully saturated rings. The van der Waals surface area contributed by atoms with Gasteiger partial charge in [0.05, 0.1) is 18.3 Å². The van der Waals surface area contributed by atoms with Crippen LogP contribution in [0.5, 0.6) is 0 Å². The van der Waals surface area contributed by atoms with Crippen LogP contribution in [0.25, 0.3) is 0 Å². The van der Waals surface area contributed by atoms with Crippen LogP contribution in [-0.2, 0) is 17.5 Å². The molecule has 0 bridgehead atoms. The molecule has 0 saturated heterocycles. The number of amides is 2. The van der Waals surface area contributed by atoms with Gasteiger partial charge < -0.3 is 20.1 Å². The van der Waals surface area contributed by atoms with Crippen molar-refractivity contribution in [3.05, 3.63) is 64.7 Å². The average Bonchev–Trinajstić information content (AvgIpc) is 2.82. The van der Waals surface area contributed by atoms with Crippen molar-refractivity contribution < 1.29 is 27.8 Å². The molecule has 0 aliphatic heterocycles. The van der Waals surface area contributed by atoms with Crippen molar-refractivity contribution in [3.8, 4) is 0 Å². The van der Waals surface area contributed by atoms with Gasteiger partial charge >= 0.3 is 12.2 Å². The lowest BCUT2D eigenvalue weighted by molar-refractivity contribution is -0.137. The highest BCUT2D eigenvalue weighted by Gasteiger charge is 2.30. The van der Waals surface area contributed by atoms with Crippen LogP contribution in [0, 0.1) is 5.92 Å². The summed E-state index contributed by atoms with van der Waals surface area (Å²) < 4.78 is 43.9. The molecule has 2 aromatic rings. The highest BCUT2D eigenvalue weighted by molar-refractivity contribution is 6.31. The molecule has 0 saturated carbocycles. The molecule has 0 aliphatic carbocycles. The molecule has 0 aliphatic rings. The van der Waals surface area contributed by atoms with E-state index >= 15 is 0 Å². The van der Waals surface area contributed by atoms with E-state index in [4.69, 9.17) is 16.3 Å². The first-order chi connectivity index (χ1) is 16.5. The van der Waals surface area contributed by atoms with E-state index in [0.717, 1.165) is 17.7 Å². The third-order valence-corrected chi connectivity index (χ3v) is 6.31. The number of alkyl halides is 3. The maximum Gasteiger partial charge on any atom is 0.416 e. The number of anilines is 1. The predicted octanol–water partition coefficient (Wildman–Crippen LogP) is 5.36. The van der Waals surface area contributed by atoms with Gasteiger partial charge in [-0.25, -0.2) is 4.79 Å². The molecule has 0 unspecified atom stereocenters. The number of ether oxygens (including phenoxy) is 1. The van der Waals surface area contributed by atoms with Crippen molar-refractivity contribution in [3.63, 3.8) is 0 Å². The summed E-state index contributed by atoms with van der Waals surface area (Å²) in [6, 6.07) is 11.2. The molecule has 10 heteroatoms. The SMILES string of the molecule is CO[C@@H](CN(C)C(=O)Nc1ccc(C(F)(F)F)cc1)[C@H](C)CN(Cc1ccccc1Cl)[C@@H](C)CO. The Labute approximate surface area is 209 Å². The Balaban J connectivity index is 2.00. The topological polar surface area (TPSA) is 65.0 Å². The van der Waals surface area contributed by atoms with Gasteiger partial charge in [-0.3, -0.25) is 4.90 Å². The minimum Gasteiger partial charge on any atom is -0.395 e. The zero-order valence-corrected chi connectivity index (χ0v) is 21.1. The van der Waals surface area contributed by atoms with Crippen LogP contribution < -0.4 is 5.32 Å². The number of hydrogen-bond donors (Lipinski definition) is 2. The monoisotopic (exact) mass is 515 g/mol. The van der Waals surface area contributed by atoms with E-state index in [1.165, 1.54) is 17.0 Å². The Hall–Kier alpha value is -2.33. The van der Waals surface area contributed by atoms with Crippen LogP contribution in [0.15, 0.2) is 48.5 Å². The van der Waals surface area contributed by atoms with Gasteiger partial charge in [-0.1, -0.05) is 36.7 Å². The van der Waals surface area contributed by atoms with Crippen molar-refractivity contribution >= 4 is 23.3 Å². The van der Waals surface area contributed by atoms with Gasteiger partial charge in [0.15, 0.2) is 0 Å². The van der Waals surface area contributed by atoms with Crippen molar-refractivity contribution in [2.24, 2.45) is 5.92 Å². The quantitative estimate of drug-likeness (QED) is 0.423. The number of rotatable bonds is 11. The number of likely N-dealkylation sites (N-methyl/N-ethyl adjacent to an activating group) is 1. The van der Waals surface area contributed by atoms with Gasteiger partial charge in [-0.15, -0.1) is 0 Å². The summed E-state index contributed by atoms with van der Waals surface area (Å²) in [6.45, 7) is 5.29. The van der Waals surface area contributed by atoms with Gasteiger partial charge in [0.2, 0.25) is 0 Å². The largest absolute Gasteiger partial charge is 0.416 e. The second-order valence-corrected chi connectivity index (χ2v) is 9.10. The Morgan fingerprint density at radius 1 is 1.11 bits per heavy atom. The van der Waals surface area contributed by atoms with Gasteiger partial charge in [-0.2, -0.15) is 13.2 Å². The fraction of sp³-hybridized carbons (Fsp3) is 0.480.